The Balaban J connectivity index is 2.60. The number of aldehydes is 1. The standard InChI is InChI=1S/C9H8BrNO3/c10-8-5-2-1-3-11-9(13)7(5)6(4-12)14-8/h4H,1-3H2,(H,11,13). The number of carbonyl (C=O) groups excluding carboxylic acids is 2. The van der Waals surface area contributed by atoms with E-state index in [4.69, 9.17) is 4.42 Å². The molecule has 1 aromatic heterocycles. The van der Waals surface area contributed by atoms with Gasteiger partial charge in [0.2, 0.25) is 0 Å². The van der Waals surface area contributed by atoms with Gasteiger partial charge in [0.15, 0.2) is 16.7 Å². The number of amides is 1. The SMILES string of the molecule is O=Cc1oc(Br)c2c1C(=O)NCCC2. The van der Waals surface area contributed by atoms with E-state index in [9.17, 15) is 9.59 Å². The number of furan rings is 1. The van der Waals surface area contributed by atoms with Gasteiger partial charge in [0, 0.05) is 12.1 Å². The smallest absolute Gasteiger partial charge is 0.255 e. The van der Waals surface area contributed by atoms with Gasteiger partial charge in [0.1, 0.15) is 0 Å². The molecule has 0 saturated heterocycles. The summed E-state index contributed by atoms with van der Waals surface area (Å²) in [7, 11) is 0. The highest BCUT2D eigenvalue weighted by molar-refractivity contribution is 9.10. The lowest BCUT2D eigenvalue weighted by atomic mass is 10.1. The largest absolute Gasteiger partial charge is 0.445 e. The highest BCUT2D eigenvalue weighted by atomic mass is 79.9. The van der Waals surface area contributed by atoms with Crippen molar-refractivity contribution in [2.24, 2.45) is 0 Å². The van der Waals surface area contributed by atoms with Crippen LogP contribution >= 0.6 is 15.9 Å². The van der Waals surface area contributed by atoms with E-state index in [1.165, 1.54) is 0 Å². The van der Waals surface area contributed by atoms with Gasteiger partial charge in [-0.3, -0.25) is 9.59 Å². The van der Waals surface area contributed by atoms with Crippen molar-refractivity contribution < 1.29 is 14.0 Å². The zero-order valence-electron chi connectivity index (χ0n) is 7.30. The minimum absolute atomic E-state index is 0.103. The monoisotopic (exact) mass is 257 g/mol. The molecular weight excluding hydrogens is 250 g/mol. The predicted molar refractivity (Wildman–Crippen MR) is 52.4 cm³/mol. The quantitative estimate of drug-likeness (QED) is 0.777. The van der Waals surface area contributed by atoms with Crippen molar-refractivity contribution in [3.05, 3.63) is 21.6 Å². The molecule has 1 aliphatic heterocycles. The van der Waals surface area contributed by atoms with Crippen LogP contribution in [0, 0.1) is 0 Å². The number of halogens is 1. The zero-order valence-corrected chi connectivity index (χ0v) is 8.89. The van der Waals surface area contributed by atoms with Crippen LogP contribution in [-0.4, -0.2) is 18.7 Å². The van der Waals surface area contributed by atoms with Gasteiger partial charge >= 0.3 is 0 Å². The molecule has 0 aromatic carbocycles. The van der Waals surface area contributed by atoms with Crippen LogP contribution in [0.3, 0.4) is 0 Å². The third kappa shape index (κ3) is 1.37. The van der Waals surface area contributed by atoms with Crippen molar-refractivity contribution in [2.75, 3.05) is 6.54 Å². The second-order valence-electron chi connectivity index (χ2n) is 3.07. The third-order valence-corrected chi connectivity index (χ3v) is 2.85. The van der Waals surface area contributed by atoms with Gasteiger partial charge in [-0.25, -0.2) is 0 Å². The fraction of sp³-hybridized carbons (Fsp3) is 0.333. The first-order chi connectivity index (χ1) is 6.74. The molecule has 0 aliphatic carbocycles. The molecule has 0 radical (unpaired) electrons. The fourth-order valence-electron chi connectivity index (χ4n) is 1.57. The van der Waals surface area contributed by atoms with Gasteiger partial charge in [0.05, 0.1) is 5.56 Å². The number of rotatable bonds is 1. The molecule has 1 amide bonds. The van der Waals surface area contributed by atoms with Gasteiger partial charge in [0.25, 0.3) is 5.91 Å². The average Bonchev–Trinajstić information content (AvgIpc) is 2.36. The van der Waals surface area contributed by atoms with E-state index in [2.05, 4.69) is 21.2 Å². The summed E-state index contributed by atoms with van der Waals surface area (Å²) in [6.07, 6.45) is 2.16. The van der Waals surface area contributed by atoms with E-state index in [0.29, 0.717) is 23.1 Å². The molecule has 0 unspecified atom stereocenters. The van der Waals surface area contributed by atoms with E-state index in [-0.39, 0.29) is 11.7 Å². The minimum Gasteiger partial charge on any atom is -0.445 e. The fourth-order valence-corrected chi connectivity index (χ4v) is 2.14. The first kappa shape index (κ1) is 9.45. The van der Waals surface area contributed by atoms with E-state index >= 15 is 0 Å². The van der Waals surface area contributed by atoms with Crippen molar-refractivity contribution in [3.8, 4) is 0 Å². The Bertz CT molecular complexity index is 397. The molecular formula is C9H8BrNO3. The number of carbonyl (C=O) groups is 2. The molecule has 1 aromatic rings. The van der Waals surface area contributed by atoms with Crippen LogP contribution in [0.5, 0.6) is 0 Å². The molecule has 0 atom stereocenters. The van der Waals surface area contributed by atoms with Gasteiger partial charge in [-0.1, -0.05) is 0 Å². The highest BCUT2D eigenvalue weighted by Crippen LogP contribution is 2.29. The molecule has 0 bridgehead atoms. The van der Waals surface area contributed by atoms with Crippen LogP contribution < -0.4 is 5.32 Å². The number of nitrogens with one attached hydrogen (secondary N) is 1. The van der Waals surface area contributed by atoms with E-state index in [1.54, 1.807) is 0 Å². The number of hydrogen-bond acceptors (Lipinski definition) is 3. The van der Waals surface area contributed by atoms with Crippen LogP contribution in [0.2, 0.25) is 0 Å². The summed E-state index contributed by atoms with van der Waals surface area (Å²) < 4.78 is 5.62. The summed E-state index contributed by atoms with van der Waals surface area (Å²) in [4.78, 5) is 22.2. The topological polar surface area (TPSA) is 59.3 Å². The number of fused-ring (bicyclic) bond motifs is 1. The molecule has 0 saturated carbocycles. The highest BCUT2D eigenvalue weighted by Gasteiger charge is 2.25. The Morgan fingerprint density at radius 3 is 3.00 bits per heavy atom. The molecule has 1 N–H and O–H groups in total. The van der Waals surface area contributed by atoms with Gasteiger partial charge < -0.3 is 9.73 Å². The number of hydrogen-bond donors (Lipinski definition) is 1. The van der Waals surface area contributed by atoms with E-state index < -0.39 is 0 Å². The van der Waals surface area contributed by atoms with Crippen molar-refractivity contribution >= 4 is 28.1 Å². The van der Waals surface area contributed by atoms with Crippen molar-refractivity contribution in [1.82, 2.24) is 5.32 Å². The van der Waals surface area contributed by atoms with Gasteiger partial charge in [-0.2, -0.15) is 0 Å². The summed E-state index contributed by atoms with van der Waals surface area (Å²) in [5.74, 6) is -0.125. The minimum atomic E-state index is -0.228. The van der Waals surface area contributed by atoms with Crippen LogP contribution in [0.25, 0.3) is 0 Å². The van der Waals surface area contributed by atoms with Crippen molar-refractivity contribution in [2.45, 2.75) is 12.8 Å². The molecule has 1 aliphatic rings. The Labute approximate surface area is 88.8 Å². The summed E-state index contributed by atoms with van der Waals surface area (Å²) in [6, 6.07) is 0. The maximum atomic E-state index is 11.5. The summed E-state index contributed by atoms with van der Waals surface area (Å²) in [5.41, 5.74) is 1.17. The zero-order chi connectivity index (χ0) is 10.1. The Kier molecular flexibility index (Phi) is 2.41. The van der Waals surface area contributed by atoms with Crippen LogP contribution in [0.15, 0.2) is 9.09 Å². The molecule has 5 heteroatoms. The Morgan fingerprint density at radius 2 is 2.29 bits per heavy atom. The molecule has 2 rings (SSSR count). The average molecular weight is 258 g/mol. The van der Waals surface area contributed by atoms with E-state index in [1.807, 2.05) is 0 Å². The van der Waals surface area contributed by atoms with Crippen LogP contribution in [-0.2, 0) is 6.42 Å². The maximum absolute atomic E-state index is 11.5. The molecule has 2 heterocycles. The third-order valence-electron chi connectivity index (χ3n) is 2.21. The van der Waals surface area contributed by atoms with Crippen molar-refractivity contribution in [1.29, 1.82) is 0 Å². The van der Waals surface area contributed by atoms with Crippen molar-refractivity contribution in [3.63, 3.8) is 0 Å². The van der Waals surface area contributed by atoms with Crippen LogP contribution in [0.4, 0.5) is 0 Å². The maximum Gasteiger partial charge on any atom is 0.255 e. The molecule has 74 valence electrons. The Hall–Kier alpha value is -1.10. The van der Waals surface area contributed by atoms with Gasteiger partial charge in [-0.15, -0.1) is 0 Å². The lowest BCUT2D eigenvalue weighted by molar-refractivity contribution is 0.0947. The lowest BCUT2D eigenvalue weighted by Crippen LogP contribution is -2.23. The lowest BCUT2D eigenvalue weighted by Gasteiger charge is -1.97. The summed E-state index contributed by atoms with van der Waals surface area (Å²) in [5, 5.41) is 2.71. The van der Waals surface area contributed by atoms with E-state index in [0.717, 1.165) is 18.4 Å². The normalized spacial score (nSPS) is 15.6. The molecule has 4 nitrogen and oxygen atoms in total. The second kappa shape index (κ2) is 3.57. The molecule has 14 heavy (non-hydrogen) atoms. The first-order valence-electron chi connectivity index (χ1n) is 4.28. The Morgan fingerprint density at radius 1 is 1.50 bits per heavy atom. The van der Waals surface area contributed by atoms with Gasteiger partial charge in [-0.05, 0) is 28.8 Å². The predicted octanol–water partition coefficient (Wildman–Crippen LogP) is 1.53. The molecule has 0 fully saturated rings. The first-order valence-corrected chi connectivity index (χ1v) is 5.08. The van der Waals surface area contributed by atoms with Crippen LogP contribution in [0.1, 0.15) is 32.9 Å². The second-order valence-corrected chi connectivity index (χ2v) is 3.79. The summed E-state index contributed by atoms with van der Waals surface area (Å²) in [6.45, 7) is 0.637. The molecule has 0 spiro atoms. The summed E-state index contributed by atoms with van der Waals surface area (Å²) >= 11 is 3.20.